The molecular formula is C16H17N3O2. The molecule has 0 unspecified atom stereocenters. The molecule has 0 bridgehead atoms. The van der Waals surface area contributed by atoms with Gasteiger partial charge in [-0.2, -0.15) is 5.10 Å². The van der Waals surface area contributed by atoms with Gasteiger partial charge in [0.05, 0.1) is 6.21 Å². The number of hydrogen-bond acceptors (Lipinski definition) is 3. The molecule has 0 heterocycles. The van der Waals surface area contributed by atoms with E-state index in [2.05, 4.69) is 23.5 Å². The second-order valence-electron chi connectivity index (χ2n) is 4.52. The number of benzene rings is 2. The number of carbonyl (C=O) groups excluding carboxylic acids is 1. The van der Waals surface area contributed by atoms with E-state index in [4.69, 9.17) is 10.5 Å². The van der Waals surface area contributed by atoms with Crippen LogP contribution in [0, 0.1) is 6.92 Å². The van der Waals surface area contributed by atoms with Crippen molar-refractivity contribution in [1.29, 1.82) is 0 Å². The Kier molecular flexibility index (Phi) is 4.93. The largest absolute Gasteiger partial charge is 0.489 e. The van der Waals surface area contributed by atoms with Crippen molar-refractivity contribution < 1.29 is 9.53 Å². The summed E-state index contributed by atoms with van der Waals surface area (Å²) in [5.41, 5.74) is 10.2. The van der Waals surface area contributed by atoms with Crippen LogP contribution in [0.5, 0.6) is 5.75 Å². The fraction of sp³-hybridized carbons (Fsp3) is 0.125. The zero-order valence-electron chi connectivity index (χ0n) is 11.7. The first-order valence-corrected chi connectivity index (χ1v) is 6.51. The van der Waals surface area contributed by atoms with E-state index >= 15 is 0 Å². The van der Waals surface area contributed by atoms with Crippen LogP contribution in [0.15, 0.2) is 53.6 Å². The molecule has 108 valence electrons. The molecule has 21 heavy (non-hydrogen) atoms. The summed E-state index contributed by atoms with van der Waals surface area (Å²) < 4.78 is 5.77. The molecule has 2 amide bonds. The number of nitrogens with one attached hydrogen (secondary N) is 1. The highest BCUT2D eigenvalue weighted by molar-refractivity contribution is 5.81. The lowest BCUT2D eigenvalue weighted by Gasteiger charge is -2.09. The van der Waals surface area contributed by atoms with Crippen LogP contribution in [-0.4, -0.2) is 12.2 Å². The third-order valence-corrected chi connectivity index (χ3v) is 2.90. The number of amides is 2. The van der Waals surface area contributed by atoms with Crippen LogP contribution in [0.3, 0.4) is 0 Å². The molecule has 0 atom stereocenters. The molecule has 0 spiro atoms. The molecule has 0 aromatic heterocycles. The van der Waals surface area contributed by atoms with E-state index in [-0.39, 0.29) is 0 Å². The van der Waals surface area contributed by atoms with Gasteiger partial charge in [-0.15, -0.1) is 0 Å². The number of nitrogens with two attached hydrogens (primary N) is 1. The molecule has 0 saturated heterocycles. The van der Waals surface area contributed by atoms with Gasteiger partial charge in [-0.25, -0.2) is 10.2 Å². The Morgan fingerprint density at radius 2 is 2.10 bits per heavy atom. The Hall–Kier alpha value is -2.82. The molecule has 0 radical (unpaired) electrons. The Morgan fingerprint density at radius 3 is 2.86 bits per heavy atom. The molecule has 0 aliphatic heterocycles. The topological polar surface area (TPSA) is 76.7 Å². The summed E-state index contributed by atoms with van der Waals surface area (Å²) in [7, 11) is 0. The minimum Gasteiger partial charge on any atom is -0.489 e. The van der Waals surface area contributed by atoms with Crippen molar-refractivity contribution in [3.8, 4) is 5.75 Å². The monoisotopic (exact) mass is 283 g/mol. The number of ether oxygens (including phenoxy) is 1. The highest BCUT2D eigenvalue weighted by atomic mass is 16.5. The summed E-state index contributed by atoms with van der Waals surface area (Å²) in [6, 6.07) is 14.8. The SMILES string of the molecule is Cc1ccccc1COc1cccc(C=NNC(N)=O)c1. The van der Waals surface area contributed by atoms with Crippen molar-refractivity contribution in [2.45, 2.75) is 13.5 Å². The van der Waals surface area contributed by atoms with Crippen molar-refractivity contribution in [3.63, 3.8) is 0 Å². The van der Waals surface area contributed by atoms with E-state index in [0.29, 0.717) is 6.61 Å². The molecule has 0 aliphatic rings. The molecule has 3 N–H and O–H groups in total. The lowest BCUT2D eigenvalue weighted by atomic mass is 10.1. The minimum atomic E-state index is -0.696. The Labute approximate surface area is 123 Å². The molecule has 2 aromatic rings. The number of aryl methyl sites for hydroxylation is 1. The average Bonchev–Trinajstić information content (AvgIpc) is 2.46. The maximum Gasteiger partial charge on any atom is 0.332 e. The lowest BCUT2D eigenvalue weighted by molar-refractivity contribution is 0.249. The highest BCUT2D eigenvalue weighted by Crippen LogP contribution is 2.15. The van der Waals surface area contributed by atoms with Gasteiger partial charge < -0.3 is 10.5 Å². The number of urea groups is 1. The van der Waals surface area contributed by atoms with Crippen molar-refractivity contribution in [2.24, 2.45) is 10.8 Å². The van der Waals surface area contributed by atoms with Gasteiger partial charge in [0.2, 0.25) is 0 Å². The molecule has 5 nitrogen and oxygen atoms in total. The molecule has 0 aliphatic carbocycles. The number of rotatable bonds is 5. The summed E-state index contributed by atoms with van der Waals surface area (Å²) in [6.45, 7) is 2.56. The molecule has 0 fully saturated rings. The van der Waals surface area contributed by atoms with E-state index in [1.807, 2.05) is 42.5 Å². The smallest absolute Gasteiger partial charge is 0.332 e. The summed E-state index contributed by atoms with van der Waals surface area (Å²) in [5.74, 6) is 0.737. The number of nitrogens with zero attached hydrogens (tertiary/aromatic N) is 1. The van der Waals surface area contributed by atoms with E-state index in [0.717, 1.165) is 16.9 Å². The number of hydrogen-bond donors (Lipinski definition) is 2. The summed E-state index contributed by atoms with van der Waals surface area (Å²) in [4.78, 5) is 10.5. The number of primary amides is 1. The van der Waals surface area contributed by atoms with Crippen LogP contribution in [0.25, 0.3) is 0 Å². The van der Waals surface area contributed by atoms with Crippen molar-refractivity contribution >= 4 is 12.2 Å². The van der Waals surface area contributed by atoms with E-state index in [1.165, 1.54) is 11.8 Å². The van der Waals surface area contributed by atoms with Crippen molar-refractivity contribution in [1.82, 2.24) is 5.43 Å². The van der Waals surface area contributed by atoms with Gasteiger partial charge in [0, 0.05) is 0 Å². The normalized spacial score (nSPS) is 10.5. The standard InChI is InChI=1S/C16H17N3O2/c1-12-5-2-3-7-14(12)11-21-15-8-4-6-13(9-15)10-18-19-16(17)20/h2-10H,11H2,1H3,(H3,17,19,20). The van der Waals surface area contributed by atoms with E-state index in [9.17, 15) is 4.79 Å². The van der Waals surface area contributed by atoms with Gasteiger partial charge in [0.25, 0.3) is 0 Å². The quantitative estimate of drug-likeness (QED) is 0.653. The predicted octanol–water partition coefficient (Wildman–Crippen LogP) is 2.58. The van der Waals surface area contributed by atoms with Gasteiger partial charge in [0.15, 0.2) is 0 Å². The minimum absolute atomic E-state index is 0.507. The van der Waals surface area contributed by atoms with Gasteiger partial charge in [-0.1, -0.05) is 36.4 Å². The lowest BCUT2D eigenvalue weighted by Crippen LogP contribution is -2.24. The maximum absolute atomic E-state index is 10.5. The first kappa shape index (κ1) is 14.6. The summed E-state index contributed by atoms with van der Waals surface area (Å²) >= 11 is 0. The molecule has 0 saturated carbocycles. The molecular weight excluding hydrogens is 266 g/mol. The molecule has 2 rings (SSSR count). The first-order chi connectivity index (χ1) is 10.1. The van der Waals surface area contributed by atoms with E-state index in [1.54, 1.807) is 0 Å². The molecule has 2 aromatic carbocycles. The summed E-state index contributed by atoms with van der Waals surface area (Å²) in [6.07, 6.45) is 1.51. The third kappa shape index (κ3) is 4.65. The Morgan fingerprint density at radius 1 is 1.29 bits per heavy atom. The van der Waals surface area contributed by atoms with Crippen LogP contribution in [-0.2, 0) is 6.61 Å². The second kappa shape index (κ2) is 7.09. The zero-order chi connectivity index (χ0) is 15.1. The van der Waals surface area contributed by atoms with Gasteiger partial charge in [-0.3, -0.25) is 0 Å². The fourth-order valence-corrected chi connectivity index (χ4v) is 1.79. The highest BCUT2D eigenvalue weighted by Gasteiger charge is 1.99. The number of hydrazone groups is 1. The van der Waals surface area contributed by atoms with Crippen LogP contribution in [0.1, 0.15) is 16.7 Å². The Bertz CT molecular complexity index is 653. The van der Waals surface area contributed by atoms with E-state index < -0.39 is 6.03 Å². The van der Waals surface area contributed by atoms with Crippen molar-refractivity contribution in [3.05, 3.63) is 65.2 Å². The van der Waals surface area contributed by atoms with Gasteiger partial charge in [0.1, 0.15) is 12.4 Å². The van der Waals surface area contributed by atoms with Crippen LogP contribution >= 0.6 is 0 Å². The average molecular weight is 283 g/mol. The maximum atomic E-state index is 10.5. The third-order valence-electron chi connectivity index (χ3n) is 2.90. The van der Waals surface area contributed by atoms with Crippen LogP contribution in [0.4, 0.5) is 4.79 Å². The summed E-state index contributed by atoms with van der Waals surface area (Å²) in [5, 5.41) is 3.71. The zero-order valence-corrected chi connectivity index (χ0v) is 11.7. The van der Waals surface area contributed by atoms with Crippen LogP contribution in [0.2, 0.25) is 0 Å². The first-order valence-electron chi connectivity index (χ1n) is 6.51. The van der Waals surface area contributed by atoms with Gasteiger partial charge >= 0.3 is 6.03 Å². The predicted molar refractivity (Wildman–Crippen MR) is 82.3 cm³/mol. The van der Waals surface area contributed by atoms with Gasteiger partial charge in [-0.05, 0) is 35.7 Å². The molecule has 5 heteroatoms. The van der Waals surface area contributed by atoms with Crippen LogP contribution < -0.4 is 15.9 Å². The fourth-order valence-electron chi connectivity index (χ4n) is 1.79. The van der Waals surface area contributed by atoms with Crippen molar-refractivity contribution in [2.75, 3.05) is 0 Å². The Balaban J connectivity index is 1.99. The number of carbonyl (C=O) groups is 1. The second-order valence-corrected chi connectivity index (χ2v) is 4.52.